The fraction of sp³-hybridized carbons (Fsp3) is 0.350. The Morgan fingerprint density at radius 2 is 1.70 bits per heavy atom. The SMILES string of the molecule is COc1c(C)cc(S(=O)(=O)Nc2ccc(N3CCCC3=O)c(C)c2)cc1C. The van der Waals surface area contributed by atoms with Gasteiger partial charge < -0.3 is 9.64 Å². The van der Waals surface area contributed by atoms with Crippen molar-refractivity contribution >= 4 is 27.3 Å². The van der Waals surface area contributed by atoms with Crippen LogP contribution >= 0.6 is 0 Å². The largest absolute Gasteiger partial charge is 0.496 e. The average molecular weight is 388 g/mol. The maximum absolute atomic E-state index is 12.8. The average Bonchev–Trinajstić information content (AvgIpc) is 3.00. The van der Waals surface area contributed by atoms with Crippen LogP contribution in [0.25, 0.3) is 0 Å². The molecule has 1 heterocycles. The van der Waals surface area contributed by atoms with E-state index in [1.165, 1.54) is 0 Å². The molecule has 7 heteroatoms. The van der Waals surface area contributed by atoms with Crippen LogP contribution in [-0.4, -0.2) is 28.0 Å². The van der Waals surface area contributed by atoms with Crippen molar-refractivity contribution in [3.8, 4) is 5.75 Å². The topological polar surface area (TPSA) is 75.7 Å². The van der Waals surface area contributed by atoms with Gasteiger partial charge in [0.2, 0.25) is 5.91 Å². The molecule has 1 saturated heterocycles. The van der Waals surface area contributed by atoms with Gasteiger partial charge in [-0.3, -0.25) is 9.52 Å². The van der Waals surface area contributed by atoms with Crippen LogP contribution < -0.4 is 14.4 Å². The van der Waals surface area contributed by atoms with Gasteiger partial charge in [-0.1, -0.05) is 0 Å². The van der Waals surface area contributed by atoms with Crippen LogP contribution in [0.5, 0.6) is 5.75 Å². The second-order valence-corrected chi connectivity index (χ2v) is 8.53. The number of hydrogen-bond acceptors (Lipinski definition) is 4. The van der Waals surface area contributed by atoms with Crippen molar-refractivity contribution in [3.05, 3.63) is 47.0 Å². The third-order valence-corrected chi connectivity index (χ3v) is 6.12. The molecule has 0 aliphatic carbocycles. The summed E-state index contributed by atoms with van der Waals surface area (Å²) in [6.45, 7) is 6.21. The molecule has 0 saturated carbocycles. The predicted octanol–water partition coefficient (Wildman–Crippen LogP) is 3.55. The molecule has 0 bridgehead atoms. The van der Waals surface area contributed by atoms with Crippen molar-refractivity contribution in [2.75, 3.05) is 23.3 Å². The third-order valence-electron chi connectivity index (χ3n) is 4.76. The number of carbonyl (C=O) groups excluding carboxylic acids is 1. The van der Waals surface area contributed by atoms with E-state index in [1.807, 2.05) is 20.8 Å². The second kappa shape index (κ2) is 7.23. The molecule has 1 amide bonds. The van der Waals surface area contributed by atoms with Crippen molar-refractivity contribution in [2.24, 2.45) is 0 Å². The van der Waals surface area contributed by atoms with Gasteiger partial charge in [0.15, 0.2) is 0 Å². The van der Waals surface area contributed by atoms with E-state index in [1.54, 1.807) is 42.3 Å². The van der Waals surface area contributed by atoms with E-state index in [0.717, 1.165) is 28.8 Å². The molecule has 0 spiro atoms. The molecule has 1 aliphatic rings. The molecule has 2 aromatic rings. The summed E-state index contributed by atoms with van der Waals surface area (Å²) in [5.41, 5.74) is 3.67. The molecule has 144 valence electrons. The second-order valence-electron chi connectivity index (χ2n) is 6.85. The lowest BCUT2D eigenvalue weighted by molar-refractivity contribution is -0.117. The maximum Gasteiger partial charge on any atom is 0.261 e. The van der Waals surface area contributed by atoms with Gasteiger partial charge in [0, 0.05) is 24.3 Å². The molecule has 3 rings (SSSR count). The summed E-state index contributed by atoms with van der Waals surface area (Å²) in [6.07, 6.45) is 1.41. The van der Waals surface area contributed by atoms with Crippen molar-refractivity contribution < 1.29 is 17.9 Å². The van der Waals surface area contributed by atoms with Gasteiger partial charge in [-0.2, -0.15) is 0 Å². The van der Waals surface area contributed by atoms with Gasteiger partial charge in [0.05, 0.1) is 12.0 Å². The van der Waals surface area contributed by atoms with Gasteiger partial charge in [-0.25, -0.2) is 8.42 Å². The molecule has 0 aromatic heterocycles. The van der Waals surface area contributed by atoms with Crippen molar-refractivity contribution in [3.63, 3.8) is 0 Å². The monoisotopic (exact) mass is 388 g/mol. The van der Waals surface area contributed by atoms with E-state index >= 15 is 0 Å². The summed E-state index contributed by atoms with van der Waals surface area (Å²) < 4.78 is 33.5. The summed E-state index contributed by atoms with van der Waals surface area (Å²) in [6, 6.07) is 8.42. The summed E-state index contributed by atoms with van der Waals surface area (Å²) in [4.78, 5) is 13.9. The molecule has 2 aromatic carbocycles. The molecule has 0 unspecified atom stereocenters. The Morgan fingerprint density at radius 3 is 2.22 bits per heavy atom. The highest BCUT2D eigenvalue weighted by Crippen LogP contribution is 2.30. The van der Waals surface area contributed by atoms with E-state index in [2.05, 4.69) is 4.72 Å². The van der Waals surface area contributed by atoms with Crippen LogP contribution in [0.2, 0.25) is 0 Å². The Kier molecular flexibility index (Phi) is 5.15. The zero-order chi connectivity index (χ0) is 19.8. The highest BCUT2D eigenvalue weighted by atomic mass is 32.2. The number of rotatable bonds is 5. The Bertz CT molecular complexity index is 976. The Hall–Kier alpha value is -2.54. The zero-order valence-corrected chi connectivity index (χ0v) is 16.8. The van der Waals surface area contributed by atoms with Crippen LogP contribution in [0, 0.1) is 20.8 Å². The quantitative estimate of drug-likeness (QED) is 0.850. The normalized spacial score (nSPS) is 14.5. The van der Waals surface area contributed by atoms with E-state index < -0.39 is 10.0 Å². The fourth-order valence-electron chi connectivity index (χ4n) is 3.53. The summed E-state index contributed by atoms with van der Waals surface area (Å²) in [5.74, 6) is 0.792. The highest BCUT2D eigenvalue weighted by Gasteiger charge is 2.23. The Morgan fingerprint density at radius 1 is 1.04 bits per heavy atom. The predicted molar refractivity (Wildman–Crippen MR) is 106 cm³/mol. The lowest BCUT2D eigenvalue weighted by atomic mass is 10.1. The number of methoxy groups -OCH3 is 1. The van der Waals surface area contributed by atoms with Gasteiger partial charge in [-0.15, -0.1) is 0 Å². The lowest BCUT2D eigenvalue weighted by Gasteiger charge is -2.19. The Labute approximate surface area is 160 Å². The molecule has 6 nitrogen and oxygen atoms in total. The minimum absolute atomic E-state index is 0.107. The number of anilines is 2. The standard InChI is InChI=1S/C20H24N2O4S/c1-13-10-16(7-8-18(13)22-9-5-6-19(22)23)21-27(24,25)17-11-14(2)20(26-4)15(3)12-17/h7-8,10-12,21H,5-6,9H2,1-4H3. The number of benzene rings is 2. The number of amides is 1. The van der Waals surface area contributed by atoms with Crippen LogP contribution in [0.1, 0.15) is 29.5 Å². The molecule has 1 N–H and O–H groups in total. The molecule has 0 atom stereocenters. The molecular weight excluding hydrogens is 364 g/mol. The van der Waals surface area contributed by atoms with Crippen LogP contribution in [0.4, 0.5) is 11.4 Å². The van der Waals surface area contributed by atoms with Gasteiger partial charge in [0.25, 0.3) is 10.0 Å². The van der Waals surface area contributed by atoms with Gasteiger partial charge in [0.1, 0.15) is 5.75 Å². The molecule has 0 radical (unpaired) electrons. The van der Waals surface area contributed by atoms with Crippen LogP contribution in [-0.2, 0) is 14.8 Å². The highest BCUT2D eigenvalue weighted by molar-refractivity contribution is 7.92. The molecule has 27 heavy (non-hydrogen) atoms. The number of hydrogen-bond donors (Lipinski definition) is 1. The number of nitrogens with one attached hydrogen (secondary N) is 1. The number of aryl methyl sites for hydroxylation is 3. The molecular formula is C20H24N2O4S. The first-order valence-electron chi connectivity index (χ1n) is 8.82. The zero-order valence-electron chi connectivity index (χ0n) is 16.0. The first-order valence-corrected chi connectivity index (χ1v) is 10.3. The van der Waals surface area contributed by atoms with E-state index in [4.69, 9.17) is 4.74 Å². The summed E-state index contributed by atoms with van der Waals surface area (Å²) in [5, 5.41) is 0. The number of ether oxygens (including phenoxy) is 1. The summed E-state index contributed by atoms with van der Waals surface area (Å²) in [7, 11) is -2.16. The minimum Gasteiger partial charge on any atom is -0.496 e. The van der Waals surface area contributed by atoms with Crippen molar-refractivity contribution in [1.82, 2.24) is 0 Å². The van der Waals surface area contributed by atoms with E-state index in [-0.39, 0.29) is 10.8 Å². The lowest BCUT2D eigenvalue weighted by Crippen LogP contribution is -2.24. The number of nitrogens with zero attached hydrogens (tertiary/aromatic N) is 1. The first-order chi connectivity index (χ1) is 12.7. The smallest absolute Gasteiger partial charge is 0.261 e. The van der Waals surface area contributed by atoms with Crippen molar-refractivity contribution in [2.45, 2.75) is 38.5 Å². The van der Waals surface area contributed by atoms with Gasteiger partial charge >= 0.3 is 0 Å². The number of carbonyl (C=O) groups is 1. The first kappa shape index (κ1) is 19.2. The Balaban J connectivity index is 1.88. The maximum atomic E-state index is 12.8. The van der Waals surface area contributed by atoms with E-state index in [9.17, 15) is 13.2 Å². The van der Waals surface area contributed by atoms with Gasteiger partial charge in [-0.05, 0) is 74.2 Å². The number of sulfonamides is 1. The molecule has 1 fully saturated rings. The van der Waals surface area contributed by atoms with Crippen molar-refractivity contribution in [1.29, 1.82) is 0 Å². The third kappa shape index (κ3) is 3.78. The molecule has 1 aliphatic heterocycles. The van der Waals surface area contributed by atoms with Crippen LogP contribution in [0.3, 0.4) is 0 Å². The summed E-state index contributed by atoms with van der Waals surface area (Å²) >= 11 is 0. The minimum atomic E-state index is -3.73. The fourth-order valence-corrected chi connectivity index (χ4v) is 4.75. The van der Waals surface area contributed by atoms with Crippen LogP contribution in [0.15, 0.2) is 35.2 Å². The van der Waals surface area contributed by atoms with E-state index in [0.29, 0.717) is 24.4 Å².